The minimum Gasteiger partial charge on any atom is -0.432 e. The zero-order chi connectivity index (χ0) is 22.8. The van der Waals surface area contributed by atoms with E-state index in [2.05, 4.69) is 35.3 Å². The van der Waals surface area contributed by atoms with Gasteiger partial charge in [-0.15, -0.1) is 0 Å². The van der Waals surface area contributed by atoms with Crippen molar-refractivity contribution >= 4 is 22.8 Å². The number of benzene rings is 1. The maximum Gasteiger partial charge on any atom is 0.387 e. The number of aromatic nitrogens is 5. The van der Waals surface area contributed by atoms with Crippen molar-refractivity contribution in [1.29, 1.82) is 0 Å². The number of ether oxygens (including phenoxy) is 1. The van der Waals surface area contributed by atoms with E-state index in [0.29, 0.717) is 11.6 Å². The standard InChI is InChI=1S/C22H21F2N7O2/c23-20(24)33-16-11-26-21(27-12-16)29-14-6-5-13(9-14)28-19-8-7-15(10-25-19)31-18-4-2-1-3-17(18)30-22(31)32/h1-4,7-8,10-14,20H,5-6,9H2,(H,25,28)(H,30,32)(H,26,27,29)/t13-,14-/m0/s1. The molecule has 1 aliphatic carbocycles. The van der Waals surface area contributed by atoms with Crippen LogP contribution in [-0.4, -0.2) is 43.2 Å². The first kappa shape index (κ1) is 20.9. The van der Waals surface area contributed by atoms with Crippen molar-refractivity contribution in [2.45, 2.75) is 38.0 Å². The van der Waals surface area contributed by atoms with E-state index in [-0.39, 0.29) is 23.5 Å². The Balaban J connectivity index is 1.19. The number of hydrogen-bond donors (Lipinski definition) is 3. The SMILES string of the molecule is O=c1[nH]c2ccccc2n1-c1ccc(N[C@H]2CC[C@H](Nc3ncc(OC(F)F)cn3)C2)nc1. The first-order valence-electron chi connectivity index (χ1n) is 10.5. The number of H-pyrrole nitrogens is 1. The number of pyridine rings is 1. The number of imidazole rings is 1. The Morgan fingerprint density at radius 2 is 1.76 bits per heavy atom. The number of rotatable bonds is 7. The molecule has 3 heterocycles. The van der Waals surface area contributed by atoms with Crippen LogP contribution in [-0.2, 0) is 0 Å². The molecule has 3 N–H and O–H groups in total. The molecule has 9 nitrogen and oxygen atoms in total. The Hall–Kier alpha value is -4.02. The van der Waals surface area contributed by atoms with E-state index in [1.165, 1.54) is 12.4 Å². The van der Waals surface area contributed by atoms with Gasteiger partial charge in [0.2, 0.25) is 5.95 Å². The molecule has 33 heavy (non-hydrogen) atoms. The van der Waals surface area contributed by atoms with E-state index in [0.717, 1.165) is 36.1 Å². The van der Waals surface area contributed by atoms with Gasteiger partial charge < -0.3 is 20.4 Å². The third-order valence-corrected chi connectivity index (χ3v) is 5.57. The van der Waals surface area contributed by atoms with Crippen LogP contribution in [0.15, 0.2) is 59.8 Å². The highest BCUT2D eigenvalue weighted by Gasteiger charge is 2.25. The summed E-state index contributed by atoms with van der Waals surface area (Å²) in [4.78, 5) is 27.7. The van der Waals surface area contributed by atoms with Gasteiger partial charge in [-0.05, 0) is 43.5 Å². The van der Waals surface area contributed by atoms with Crippen LogP contribution in [0, 0.1) is 0 Å². The summed E-state index contributed by atoms with van der Waals surface area (Å²) in [5, 5.41) is 6.64. The van der Waals surface area contributed by atoms with Crippen molar-refractivity contribution in [3.63, 3.8) is 0 Å². The topological polar surface area (TPSA) is 110 Å². The molecule has 1 aromatic carbocycles. The summed E-state index contributed by atoms with van der Waals surface area (Å²) in [6.07, 6.45) is 6.76. The maximum absolute atomic E-state index is 12.4. The predicted octanol–water partition coefficient (Wildman–Crippen LogP) is 3.55. The fraction of sp³-hybridized carbons (Fsp3) is 0.273. The molecular weight excluding hydrogens is 432 g/mol. The number of halogens is 2. The van der Waals surface area contributed by atoms with E-state index in [4.69, 9.17) is 0 Å². The quantitative estimate of drug-likeness (QED) is 0.393. The molecule has 2 atom stereocenters. The lowest BCUT2D eigenvalue weighted by atomic mass is 10.2. The number of nitrogens with one attached hydrogen (secondary N) is 3. The molecule has 0 aliphatic heterocycles. The summed E-state index contributed by atoms with van der Waals surface area (Å²) in [5.74, 6) is 1.02. The molecular formula is C22H21F2N7O2. The van der Waals surface area contributed by atoms with Crippen LogP contribution < -0.4 is 21.1 Å². The van der Waals surface area contributed by atoms with Crippen molar-refractivity contribution in [1.82, 2.24) is 24.5 Å². The first-order chi connectivity index (χ1) is 16.0. The number of fused-ring (bicyclic) bond motifs is 1. The number of anilines is 2. The van der Waals surface area contributed by atoms with E-state index < -0.39 is 6.61 Å². The average molecular weight is 453 g/mol. The van der Waals surface area contributed by atoms with Crippen LogP contribution in [0.25, 0.3) is 16.7 Å². The number of para-hydroxylation sites is 2. The number of aromatic amines is 1. The summed E-state index contributed by atoms with van der Waals surface area (Å²) in [6, 6.07) is 11.6. The zero-order valence-corrected chi connectivity index (χ0v) is 17.4. The van der Waals surface area contributed by atoms with E-state index >= 15 is 0 Å². The van der Waals surface area contributed by atoms with Crippen LogP contribution in [0.4, 0.5) is 20.5 Å². The Kier molecular flexibility index (Phi) is 5.59. The van der Waals surface area contributed by atoms with Crippen molar-refractivity contribution in [3.05, 3.63) is 65.5 Å². The second-order valence-corrected chi connectivity index (χ2v) is 7.80. The second-order valence-electron chi connectivity index (χ2n) is 7.80. The second kappa shape index (κ2) is 8.85. The molecule has 1 saturated carbocycles. The van der Waals surface area contributed by atoms with Gasteiger partial charge in [-0.2, -0.15) is 8.78 Å². The van der Waals surface area contributed by atoms with Crippen LogP contribution >= 0.6 is 0 Å². The Bertz CT molecular complexity index is 1290. The highest BCUT2D eigenvalue weighted by atomic mass is 19.3. The van der Waals surface area contributed by atoms with E-state index in [1.54, 1.807) is 10.8 Å². The van der Waals surface area contributed by atoms with Crippen LogP contribution in [0.5, 0.6) is 5.75 Å². The fourth-order valence-electron chi connectivity index (χ4n) is 4.10. The third-order valence-electron chi connectivity index (χ3n) is 5.57. The van der Waals surface area contributed by atoms with Crippen molar-refractivity contribution in [3.8, 4) is 11.4 Å². The number of alkyl halides is 2. The van der Waals surface area contributed by atoms with Gasteiger partial charge in [0.25, 0.3) is 0 Å². The smallest absolute Gasteiger partial charge is 0.387 e. The summed E-state index contributed by atoms with van der Waals surface area (Å²) in [7, 11) is 0. The fourth-order valence-corrected chi connectivity index (χ4v) is 4.10. The Morgan fingerprint density at radius 3 is 2.48 bits per heavy atom. The maximum atomic E-state index is 12.4. The predicted molar refractivity (Wildman–Crippen MR) is 119 cm³/mol. The molecule has 0 spiro atoms. The van der Waals surface area contributed by atoms with Crippen molar-refractivity contribution in [2.75, 3.05) is 10.6 Å². The summed E-state index contributed by atoms with van der Waals surface area (Å²) in [6.45, 7) is -2.90. The van der Waals surface area contributed by atoms with Gasteiger partial charge in [0.15, 0.2) is 5.75 Å². The summed E-state index contributed by atoms with van der Waals surface area (Å²) in [5.41, 5.74) is 2.05. The number of hydrogen-bond acceptors (Lipinski definition) is 7. The minimum atomic E-state index is -2.90. The van der Waals surface area contributed by atoms with Crippen LogP contribution in [0.1, 0.15) is 19.3 Å². The lowest BCUT2D eigenvalue weighted by Gasteiger charge is -2.15. The Morgan fingerprint density at radius 1 is 1.00 bits per heavy atom. The van der Waals surface area contributed by atoms with Gasteiger partial charge in [0, 0.05) is 12.1 Å². The summed E-state index contributed by atoms with van der Waals surface area (Å²) < 4.78 is 30.3. The normalized spacial score (nSPS) is 18.0. The summed E-state index contributed by atoms with van der Waals surface area (Å²) >= 11 is 0. The van der Waals surface area contributed by atoms with Gasteiger partial charge in [0.05, 0.1) is 35.3 Å². The molecule has 4 aromatic rings. The largest absolute Gasteiger partial charge is 0.432 e. The highest BCUT2D eigenvalue weighted by molar-refractivity contribution is 5.77. The van der Waals surface area contributed by atoms with Crippen LogP contribution in [0.3, 0.4) is 0 Å². The van der Waals surface area contributed by atoms with Gasteiger partial charge in [-0.3, -0.25) is 4.57 Å². The van der Waals surface area contributed by atoms with Gasteiger partial charge in [-0.1, -0.05) is 12.1 Å². The molecule has 0 amide bonds. The van der Waals surface area contributed by atoms with Gasteiger partial charge in [0.1, 0.15) is 5.82 Å². The van der Waals surface area contributed by atoms with Gasteiger partial charge in [-0.25, -0.2) is 19.7 Å². The Labute approximate surface area is 186 Å². The van der Waals surface area contributed by atoms with Crippen molar-refractivity contribution in [2.24, 2.45) is 0 Å². The molecule has 0 unspecified atom stereocenters. The molecule has 0 radical (unpaired) electrons. The lowest BCUT2D eigenvalue weighted by Crippen LogP contribution is -2.22. The molecule has 1 aliphatic rings. The molecule has 11 heteroatoms. The average Bonchev–Trinajstić information content (AvgIpc) is 3.38. The zero-order valence-electron chi connectivity index (χ0n) is 17.4. The molecule has 170 valence electrons. The molecule has 5 rings (SSSR count). The third kappa shape index (κ3) is 4.61. The first-order valence-corrected chi connectivity index (χ1v) is 10.5. The lowest BCUT2D eigenvalue weighted by molar-refractivity contribution is -0.0503. The number of nitrogens with zero attached hydrogens (tertiary/aromatic N) is 4. The van der Waals surface area contributed by atoms with E-state index in [1.807, 2.05) is 36.4 Å². The molecule has 1 fully saturated rings. The monoisotopic (exact) mass is 453 g/mol. The van der Waals surface area contributed by atoms with Gasteiger partial charge >= 0.3 is 12.3 Å². The minimum absolute atomic E-state index is 0.0778. The van der Waals surface area contributed by atoms with Crippen molar-refractivity contribution < 1.29 is 13.5 Å². The van der Waals surface area contributed by atoms with E-state index in [9.17, 15) is 13.6 Å². The molecule has 0 bridgehead atoms. The highest BCUT2D eigenvalue weighted by Crippen LogP contribution is 2.25. The molecule has 0 saturated heterocycles. The van der Waals surface area contributed by atoms with Crippen LogP contribution in [0.2, 0.25) is 0 Å². The molecule has 3 aromatic heterocycles.